The van der Waals surface area contributed by atoms with Crippen molar-refractivity contribution >= 4 is 38.3 Å². The summed E-state index contributed by atoms with van der Waals surface area (Å²) in [6, 6.07) is 5.72. The molecule has 4 heteroatoms. The number of ether oxygens (including phenoxy) is 1. The normalized spacial score (nSPS) is 9.50. The highest BCUT2D eigenvalue weighted by Gasteiger charge is 1.96. The van der Waals surface area contributed by atoms with Crippen LogP contribution < -0.4 is 0 Å². The summed E-state index contributed by atoms with van der Waals surface area (Å²) < 4.78 is 6.53. The van der Waals surface area contributed by atoms with Crippen molar-refractivity contribution in [3.63, 3.8) is 0 Å². The lowest BCUT2D eigenvalue weighted by atomic mass is 10.2. The van der Waals surface area contributed by atoms with Gasteiger partial charge in [-0.25, -0.2) is 0 Å². The van der Waals surface area contributed by atoms with Crippen molar-refractivity contribution in [1.29, 1.82) is 0 Å². The molecule has 0 saturated heterocycles. The molecule has 2 nitrogen and oxygen atoms in total. The Morgan fingerprint density at radius 1 is 1.25 bits per heavy atom. The molecular weight excluding hydrogens is 288 g/mol. The van der Waals surface area contributed by atoms with E-state index < -0.39 is 0 Å². The van der Waals surface area contributed by atoms with Crippen LogP contribution in [-0.4, -0.2) is 6.47 Å². The highest BCUT2D eigenvalue weighted by molar-refractivity contribution is 9.11. The smallest absolute Gasteiger partial charge is 0.293 e. The molecule has 12 heavy (non-hydrogen) atoms. The Morgan fingerprint density at radius 2 is 1.83 bits per heavy atom. The van der Waals surface area contributed by atoms with Gasteiger partial charge in [0.25, 0.3) is 6.47 Å². The molecule has 0 spiro atoms. The summed E-state index contributed by atoms with van der Waals surface area (Å²) in [5.74, 6) is 0. The molecule has 1 aromatic carbocycles. The fourth-order valence-electron chi connectivity index (χ4n) is 0.825. The molecule has 0 fully saturated rings. The minimum atomic E-state index is 0.307. The first-order chi connectivity index (χ1) is 5.72. The van der Waals surface area contributed by atoms with Crippen LogP contribution in [0.1, 0.15) is 5.56 Å². The predicted octanol–water partition coefficient (Wildman–Crippen LogP) is 2.88. The standard InChI is InChI=1S/C8H6Br2O2/c9-7-1-6(4-12-5-11)2-8(10)3-7/h1-3,5H,4H2. The molecule has 0 aliphatic heterocycles. The summed E-state index contributed by atoms with van der Waals surface area (Å²) in [5, 5.41) is 0. The SMILES string of the molecule is O=COCc1cc(Br)cc(Br)c1. The van der Waals surface area contributed by atoms with Crippen LogP contribution in [0, 0.1) is 0 Å². The van der Waals surface area contributed by atoms with Gasteiger partial charge in [0, 0.05) is 8.95 Å². The Labute approximate surface area is 87.2 Å². The van der Waals surface area contributed by atoms with Crippen molar-refractivity contribution in [2.75, 3.05) is 0 Å². The van der Waals surface area contributed by atoms with Gasteiger partial charge in [-0.05, 0) is 23.8 Å². The van der Waals surface area contributed by atoms with Crippen LogP contribution in [0.2, 0.25) is 0 Å². The monoisotopic (exact) mass is 292 g/mol. The molecule has 0 unspecified atom stereocenters. The molecule has 0 atom stereocenters. The number of hydrogen-bond donors (Lipinski definition) is 0. The Bertz CT molecular complexity index is 266. The van der Waals surface area contributed by atoms with Gasteiger partial charge >= 0.3 is 0 Å². The van der Waals surface area contributed by atoms with E-state index in [1.165, 1.54) is 0 Å². The van der Waals surface area contributed by atoms with Gasteiger partial charge in [0.05, 0.1) is 0 Å². The maximum atomic E-state index is 9.90. The lowest BCUT2D eigenvalue weighted by molar-refractivity contribution is -0.129. The topological polar surface area (TPSA) is 26.3 Å². The van der Waals surface area contributed by atoms with E-state index in [1.54, 1.807) is 0 Å². The van der Waals surface area contributed by atoms with Gasteiger partial charge in [0.15, 0.2) is 0 Å². The van der Waals surface area contributed by atoms with E-state index in [4.69, 9.17) is 0 Å². The molecule has 0 aliphatic carbocycles. The van der Waals surface area contributed by atoms with Crippen LogP contribution >= 0.6 is 31.9 Å². The maximum Gasteiger partial charge on any atom is 0.293 e. The van der Waals surface area contributed by atoms with E-state index in [0.29, 0.717) is 13.1 Å². The maximum absolute atomic E-state index is 9.90. The molecule has 0 heterocycles. The van der Waals surface area contributed by atoms with Crippen LogP contribution in [0.15, 0.2) is 27.1 Å². The van der Waals surface area contributed by atoms with Gasteiger partial charge < -0.3 is 4.74 Å². The Morgan fingerprint density at radius 3 is 2.33 bits per heavy atom. The van der Waals surface area contributed by atoms with Gasteiger partial charge in [-0.3, -0.25) is 4.79 Å². The van der Waals surface area contributed by atoms with Crippen molar-refractivity contribution in [3.8, 4) is 0 Å². The van der Waals surface area contributed by atoms with E-state index in [-0.39, 0.29) is 0 Å². The molecule has 0 amide bonds. The summed E-state index contributed by atoms with van der Waals surface area (Å²) in [5.41, 5.74) is 0.948. The molecule has 0 radical (unpaired) electrons. The molecule has 1 rings (SSSR count). The molecule has 0 aliphatic rings. The number of carbonyl (C=O) groups excluding carboxylic acids is 1. The highest BCUT2D eigenvalue weighted by atomic mass is 79.9. The Hall–Kier alpha value is -0.350. The fraction of sp³-hybridized carbons (Fsp3) is 0.125. The lowest BCUT2D eigenvalue weighted by Crippen LogP contribution is -1.89. The number of rotatable bonds is 3. The highest BCUT2D eigenvalue weighted by Crippen LogP contribution is 2.20. The average Bonchev–Trinajstić information content (AvgIpc) is 1.99. The molecule has 0 bridgehead atoms. The number of benzene rings is 1. The zero-order chi connectivity index (χ0) is 8.97. The first-order valence-corrected chi connectivity index (χ1v) is 4.81. The first-order valence-electron chi connectivity index (χ1n) is 3.22. The quantitative estimate of drug-likeness (QED) is 0.801. The molecule has 1 aromatic rings. The van der Waals surface area contributed by atoms with Crippen molar-refractivity contribution in [1.82, 2.24) is 0 Å². The van der Waals surface area contributed by atoms with Gasteiger partial charge in [0.1, 0.15) is 6.61 Å². The molecule has 64 valence electrons. The van der Waals surface area contributed by atoms with Crippen LogP contribution in [0.4, 0.5) is 0 Å². The van der Waals surface area contributed by atoms with E-state index in [9.17, 15) is 4.79 Å². The molecule has 0 N–H and O–H groups in total. The van der Waals surface area contributed by atoms with Crippen LogP contribution in [-0.2, 0) is 16.1 Å². The molecule has 0 saturated carbocycles. The van der Waals surface area contributed by atoms with E-state index >= 15 is 0 Å². The van der Waals surface area contributed by atoms with Gasteiger partial charge in [-0.2, -0.15) is 0 Å². The lowest BCUT2D eigenvalue weighted by Gasteiger charge is -2.00. The van der Waals surface area contributed by atoms with Crippen LogP contribution in [0.25, 0.3) is 0 Å². The summed E-state index contributed by atoms with van der Waals surface area (Å²) in [7, 11) is 0. The first kappa shape index (κ1) is 9.74. The second-order valence-corrected chi connectivity index (χ2v) is 4.02. The van der Waals surface area contributed by atoms with Crippen molar-refractivity contribution in [2.24, 2.45) is 0 Å². The number of carbonyl (C=O) groups is 1. The number of hydrogen-bond acceptors (Lipinski definition) is 2. The minimum absolute atomic E-state index is 0.307. The van der Waals surface area contributed by atoms with Crippen molar-refractivity contribution < 1.29 is 9.53 Å². The second kappa shape index (κ2) is 4.62. The minimum Gasteiger partial charge on any atom is -0.463 e. The molecular formula is C8H6Br2O2. The zero-order valence-corrected chi connectivity index (χ0v) is 9.26. The van der Waals surface area contributed by atoms with Gasteiger partial charge in [0.2, 0.25) is 0 Å². The van der Waals surface area contributed by atoms with Crippen molar-refractivity contribution in [2.45, 2.75) is 6.61 Å². The zero-order valence-electron chi connectivity index (χ0n) is 6.09. The predicted molar refractivity (Wildman–Crippen MR) is 52.7 cm³/mol. The van der Waals surface area contributed by atoms with Crippen LogP contribution in [0.5, 0.6) is 0 Å². The largest absolute Gasteiger partial charge is 0.463 e. The fourth-order valence-corrected chi connectivity index (χ4v) is 2.21. The Kier molecular flexibility index (Phi) is 3.75. The summed E-state index contributed by atoms with van der Waals surface area (Å²) in [6.45, 7) is 0.746. The third-order valence-corrected chi connectivity index (χ3v) is 2.16. The van der Waals surface area contributed by atoms with E-state index in [1.807, 2.05) is 18.2 Å². The summed E-state index contributed by atoms with van der Waals surface area (Å²) in [4.78, 5) is 9.90. The summed E-state index contributed by atoms with van der Waals surface area (Å²) in [6.07, 6.45) is 0. The average molecular weight is 294 g/mol. The van der Waals surface area contributed by atoms with Crippen LogP contribution in [0.3, 0.4) is 0 Å². The van der Waals surface area contributed by atoms with E-state index in [0.717, 1.165) is 14.5 Å². The van der Waals surface area contributed by atoms with E-state index in [2.05, 4.69) is 36.6 Å². The Balaban J connectivity index is 2.78. The third-order valence-electron chi connectivity index (χ3n) is 1.24. The second-order valence-electron chi connectivity index (χ2n) is 2.18. The van der Waals surface area contributed by atoms with Crippen molar-refractivity contribution in [3.05, 3.63) is 32.7 Å². The van der Waals surface area contributed by atoms with Gasteiger partial charge in [-0.15, -0.1) is 0 Å². The molecule has 0 aromatic heterocycles. The summed E-state index contributed by atoms with van der Waals surface area (Å²) >= 11 is 6.66. The number of halogens is 2. The third kappa shape index (κ3) is 2.95. The van der Waals surface area contributed by atoms with Gasteiger partial charge in [-0.1, -0.05) is 31.9 Å².